The van der Waals surface area contributed by atoms with Crippen LogP contribution in [0.15, 0.2) is 24.3 Å². The average Bonchev–Trinajstić information content (AvgIpc) is 2.87. The summed E-state index contributed by atoms with van der Waals surface area (Å²) in [5, 5.41) is 0. The van der Waals surface area contributed by atoms with Crippen molar-refractivity contribution in [2.75, 3.05) is 18.6 Å². The normalized spacial score (nSPS) is 26.4. The van der Waals surface area contributed by atoms with Crippen LogP contribution in [-0.4, -0.2) is 26.0 Å². The van der Waals surface area contributed by atoms with Gasteiger partial charge in [-0.2, -0.15) is 0 Å². The Morgan fingerprint density at radius 1 is 1.50 bits per heavy atom. The van der Waals surface area contributed by atoms with Gasteiger partial charge in [0.1, 0.15) is 6.23 Å². The van der Waals surface area contributed by atoms with E-state index in [1.807, 2.05) is 18.2 Å². The number of anilines is 1. The van der Waals surface area contributed by atoms with Crippen LogP contribution in [0.3, 0.4) is 0 Å². The number of rotatable bonds is 0. The number of amides is 1. The first-order valence-electron chi connectivity index (χ1n) is 5.40. The highest BCUT2D eigenvalue weighted by Gasteiger charge is 2.45. The van der Waals surface area contributed by atoms with Crippen LogP contribution in [-0.2, 0) is 9.47 Å². The minimum absolute atomic E-state index is 0.176. The maximum absolute atomic E-state index is 11.7. The second-order valence-corrected chi connectivity index (χ2v) is 4.06. The van der Waals surface area contributed by atoms with E-state index in [4.69, 9.17) is 9.47 Å². The van der Waals surface area contributed by atoms with E-state index in [1.165, 1.54) is 12.7 Å². The standard InChI is InChI=1S/C12H13NO3/c1-15-12(14)13-10-5-3-2-4-8(10)9-6-7-16-11(9)13/h2-5,9,11H,6-7H2,1H3/t9-,11-/m1/s1. The summed E-state index contributed by atoms with van der Waals surface area (Å²) in [4.78, 5) is 13.4. The van der Waals surface area contributed by atoms with Crippen LogP contribution in [0, 0.1) is 0 Å². The summed E-state index contributed by atoms with van der Waals surface area (Å²) in [6.07, 6.45) is 0.446. The average molecular weight is 219 g/mol. The van der Waals surface area contributed by atoms with E-state index in [0.717, 1.165) is 12.1 Å². The predicted molar refractivity (Wildman–Crippen MR) is 58.4 cm³/mol. The van der Waals surface area contributed by atoms with Crippen LogP contribution in [0.2, 0.25) is 0 Å². The van der Waals surface area contributed by atoms with Crippen molar-refractivity contribution in [3.05, 3.63) is 29.8 Å². The van der Waals surface area contributed by atoms with Crippen LogP contribution < -0.4 is 4.90 Å². The first-order chi connectivity index (χ1) is 7.83. The molecule has 1 saturated heterocycles. The Kier molecular flexibility index (Phi) is 2.11. The Balaban J connectivity index is 2.08. The fourth-order valence-electron chi connectivity index (χ4n) is 2.60. The van der Waals surface area contributed by atoms with Crippen LogP contribution in [0.1, 0.15) is 17.9 Å². The van der Waals surface area contributed by atoms with Gasteiger partial charge in [-0.3, -0.25) is 4.90 Å². The number of hydrogen-bond donors (Lipinski definition) is 0. The van der Waals surface area contributed by atoms with Crippen molar-refractivity contribution in [3.8, 4) is 0 Å². The van der Waals surface area contributed by atoms with E-state index >= 15 is 0 Å². The molecule has 1 aromatic rings. The monoisotopic (exact) mass is 219 g/mol. The molecule has 0 radical (unpaired) electrons. The second kappa shape index (κ2) is 3.49. The number of hydrogen-bond acceptors (Lipinski definition) is 3. The summed E-state index contributed by atoms with van der Waals surface area (Å²) in [5.74, 6) is 0.301. The second-order valence-electron chi connectivity index (χ2n) is 4.06. The summed E-state index contributed by atoms with van der Waals surface area (Å²) < 4.78 is 10.4. The summed E-state index contributed by atoms with van der Waals surface area (Å²) >= 11 is 0. The van der Waals surface area contributed by atoms with Crippen molar-refractivity contribution in [2.24, 2.45) is 0 Å². The fourth-order valence-corrected chi connectivity index (χ4v) is 2.60. The minimum Gasteiger partial charge on any atom is -0.452 e. The SMILES string of the molecule is COC(=O)N1c2ccccc2[C@H]2CCO[C@H]21. The number of carbonyl (C=O) groups excluding carboxylic acids is 1. The third kappa shape index (κ3) is 1.16. The molecule has 2 heterocycles. The van der Waals surface area contributed by atoms with Crippen LogP contribution in [0.25, 0.3) is 0 Å². The zero-order valence-electron chi connectivity index (χ0n) is 9.05. The lowest BCUT2D eigenvalue weighted by molar-refractivity contribution is 0.0969. The van der Waals surface area contributed by atoms with Crippen LogP contribution in [0.5, 0.6) is 0 Å². The molecule has 0 spiro atoms. The molecule has 0 aromatic heterocycles. The number of para-hydroxylation sites is 1. The number of nitrogens with zero attached hydrogens (tertiary/aromatic N) is 1. The van der Waals surface area contributed by atoms with Gasteiger partial charge in [0.05, 0.1) is 12.8 Å². The molecule has 1 aromatic carbocycles. The van der Waals surface area contributed by atoms with E-state index < -0.39 is 0 Å². The van der Waals surface area contributed by atoms with Gasteiger partial charge >= 0.3 is 6.09 Å². The summed E-state index contributed by atoms with van der Waals surface area (Å²) in [7, 11) is 1.40. The van der Waals surface area contributed by atoms with Gasteiger partial charge in [-0.05, 0) is 18.1 Å². The van der Waals surface area contributed by atoms with Gasteiger partial charge in [0, 0.05) is 12.5 Å². The largest absolute Gasteiger partial charge is 0.452 e. The molecule has 3 rings (SSSR count). The summed E-state index contributed by atoms with van der Waals surface area (Å²) in [6.45, 7) is 0.706. The summed E-state index contributed by atoms with van der Waals surface area (Å²) in [5.41, 5.74) is 2.11. The first kappa shape index (κ1) is 9.66. The van der Waals surface area contributed by atoms with Gasteiger partial charge in [0.15, 0.2) is 0 Å². The minimum atomic E-state index is -0.346. The molecule has 2 aliphatic rings. The lowest BCUT2D eigenvalue weighted by atomic mass is 9.99. The van der Waals surface area contributed by atoms with Gasteiger partial charge in [0.2, 0.25) is 0 Å². The van der Waals surface area contributed by atoms with Crippen molar-refractivity contribution in [3.63, 3.8) is 0 Å². The molecule has 0 saturated carbocycles. The van der Waals surface area contributed by atoms with Crippen molar-refractivity contribution >= 4 is 11.8 Å². The van der Waals surface area contributed by atoms with Crippen LogP contribution in [0.4, 0.5) is 10.5 Å². The van der Waals surface area contributed by atoms with Crippen molar-refractivity contribution < 1.29 is 14.3 Å². The number of ether oxygens (including phenoxy) is 2. The topological polar surface area (TPSA) is 38.8 Å². The fraction of sp³-hybridized carbons (Fsp3) is 0.417. The van der Waals surface area contributed by atoms with Crippen molar-refractivity contribution in [1.29, 1.82) is 0 Å². The lowest BCUT2D eigenvalue weighted by Gasteiger charge is -2.22. The first-order valence-corrected chi connectivity index (χ1v) is 5.40. The van der Waals surface area contributed by atoms with Crippen molar-refractivity contribution in [2.45, 2.75) is 18.6 Å². The number of carbonyl (C=O) groups is 1. The molecule has 4 nitrogen and oxygen atoms in total. The maximum Gasteiger partial charge on any atom is 0.416 e. The Morgan fingerprint density at radius 2 is 2.31 bits per heavy atom. The lowest BCUT2D eigenvalue weighted by Crippen LogP contribution is -2.38. The van der Waals surface area contributed by atoms with E-state index in [9.17, 15) is 4.79 Å². The number of methoxy groups -OCH3 is 1. The maximum atomic E-state index is 11.7. The zero-order chi connectivity index (χ0) is 11.1. The van der Waals surface area contributed by atoms with Crippen molar-refractivity contribution in [1.82, 2.24) is 0 Å². The molecule has 0 bridgehead atoms. The third-order valence-corrected chi connectivity index (χ3v) is 3.28. The Morgan fingerprint density at radius 3 is 3.12 bits per heavy atom. The molecule has 2 aliphatic heterocycles. The molecule has 1 fully saturated rings. The molecule has 0 aliphatic carbocycles. The van der Waals surface area contributed by atoms with Crippen LogP contribution >= 0.6 is 0 Å². The smallest absolute Gasteiger partial charge is 0.416 e. The zero-order valence-corrected chi connectivity index (χ0v) is 9.05. The molecular weight excluding hydrogens is 206 g/mol. The molecule has 1 amide bonds. The molecule has 2 atom stereocenters. The molecule has 4 heteroatoms. The Labute approximate surface area is 93.8 Å². The van der Waals surface area contributed by atoms with Gasteiger partial charge in [-0.1, -0.05) is 18.2 Å². The molecule has 84 valence electrons. The number of fused-ring (bicyclic) bond motifs is 3. The number of benzene rings is 1. The van der Waals surface area contributed by atoms with E-state index in [-0.39, 0.29) is 12.3 Å². The molecular formula is C12H13NO3. The van der Waals surface area contributed by atoms with E-state index in [1.54, 1.807) is 4.90 Å². The van der Waals surface area contributed by atoms with E-state index in [0.29, 0.717) is 12.5 Å². The van der Waals surface area contributed by atoms with E-state index in [2.05, 4.69) is 6.07 Å². The highest BCUT2D eigenvalue weighted by atomic mass is 16.6. The summed E-state index contributed by atoms with van der Waals surface area (Å²) in [6, 6.07) is 7.92. The predicted octanol–water partition coefficient (Wildman–Crippen LogP) is 2.10. The Hall–Kier alpha value is -1.55. The van der Waals surface area contributed by atoms with Gasteiger partial charge in [-0.25, -0.2) is 4.79 Å². The van der Waals surface area contributed by atoms with Gasteiger partial charge < -0.3 is 9.47 Å². The molecule has 0 N–H and O–H groups in total. The highest BCUT2D eigenvalue weighted by Crippen LogP contribution is 2.46. The van der Waals surface area contributed by atoms with Gasteiger partial charge in [-0.15, -0.1) is 0 Å². The molecule has 0 unspecified atom stereocenters. The Bertz CT molecular complexity index is 432. The molecule has 16 heavy (non-hydrogen) atoms. The quantitative estimate of drug-likeness (QED) is 0.670. The third-order valence-electron chi connectivity index (χ3n) is 3.28. The highest BCUT2D eigenvalue weighted by molar-refractivity contribution is 5.91. The van der Waals surface area contributed by atoms with Gasteiger partial charge in [0.25, 0.3) is 0 Å².